The number of rotatable bonds is 5. The summed E-state index contributed by atoms with van der Waals surface area (Å²) in [6.45, 7) is 0.686. The zero-order valence-corrected chi connectivity index (χ0v) is 11.5. The van der Waals surface area contributed by atoms with E-state index in [1.807, 2.05) is 6.07 Å². The molecular formula is C12H15ClN4O2. The van der Waals surface area contributed by atoms with Gasteiger partial charge in [-0.05, 0) is 18.2 Å². The first-order valence-electron chi connectivity index (χ1n) is 5.67. The lowest BCUT2D eigenvalue weighted by Crippen LogP contribution is -2.07. The smallest absolute Gasteiger partial charge is 0.137 e. The molecule has 6 nitrogen and oxygen atoms in total. The molecule has 0 aliphatic heterocycles. The van der Waals surface area contributed by atoms with Crippen molar-refractivity contribution in [3.63, 3.8) is 0 Å². The van der Waals surface area contributed by atoms with Crippen LogP contribution < -0.4 is 10.5 Å². The monoisotopic (exact) mass is 282 g/mol. The van der Waals surface area contributed by atoms with E-state index >= 15 is 0 Å². The summed E-state index contributed by atoms with van der Waals surface area (Å²) in [6.07, 6.45) is 0. The molecule has 2 N–H and O–H groups in total. The van der Waals surface area contributed by atoms with Gasteiger partial charge in [0.2, 0.25) is 0 Å². The van der Waals surface area contributed by atoms with Crippen LogP contribution in [0.5, 0.6) is 5.75 Å². The first-order chi connectivity index (χ1) is 9.21. The molecule has 0 aliphatic rings. The van der Waals surface area contributed by atoms with Gasteiger partial charge < -0.3 is 15.2 Å². The topological polar surface area (TPSA) is 75.2 Å². The van der Waals surface area contributed by atoms with Crippen molar-refractivity contribution in [1.29, 1.82) is 0 Å². The molecule has 102 valence electrons. The van der Waals surface area contributed by atoms with Crippen LogP contribution in [0, 0.1) is 0 Å². The molecular weight excluding hydrogens is 268 g/mol. The Bertz CT molecular complexity index is 571. The van der Waals surface area contributed by atoms with Crippen LogP contribution in [0.1, 0.15) is 11.4 Å². The zero-order valence-electron chi connectivity index (χ0n) is 10.8. The molecule has 2 aromatic rings. The molecule has 7 heteroatoms. The van der Waals surface area contributed by atoms with Gasteiger partial charge in [0, 0.05) is 13.7 Å². The highest BCUT2D eigenvalue weighted by Crippen LogP contribution is 2.27. The van der Waals surface area contributed by atoms with Gasteiger partial charge in [0.1, 0.15) is 11.4 Å². The normalized spacial score (nSPS) is 10.7. The summed E-state index contributed by atoms with van der Waals surface area (Å²) in [7, 11) is 3.18. The maximum atomic E-state index is 6.11. The fraction of sp³-hybridized carbons (Fsp3) is 0.333. The Labute approximate surface area is 116 Å². The highest BCUT2D eigenvalue weighted by molar-refractivity contribution is 6.32. The van der Waals surface area contributed by atoms with E-state index in [4.69, 9.17) is 26.8 Å². The Morgan fingerprint density at radius 1 is 1.37 bits per heavy atom. The van der Waals surface area contributed by atoms with Gasteiger partial charge in [-0.25, -0.2) is 4.68 Å². The Morgan fingerprint density at radius 2 is 2.16 bits per heavy atom. The molecule has 0 saturated carbocycles. The van der Waals surface area contributed by atoms with Crippen LogP contribution in [0.2, 0.25) is 5.02 Å². The van der Waals surface area contributed by atoms with Crippen molar-refractivity contribution in [2.45, 2.75) is 13.2 Å². The lowest BCUT2D eigenvalue weighted by atomic mass is 10.2. The minimum atomic E-state index is 0.308. The van der Waals surface area contributed by atoms with Gasteiger partial charge in [0.05, 0.1) is 30.1 Å². The molecule has 0 spiro atoms. The van der Waals surface area contributed by atoms with E-state index in [2.05, 4.69) is 10.3 Å². The maximum absolute atomic E-state index is 6.11. The molecule has 0 bridgehead atoms. The van der Waals surface area contributed by atoms with Gasteiger partial charge in [-0.2, -0.15) is 0 Å². The molecule has 0 atom stereocenters. The predicted molar refractivity (Wildman–Crippen MR) is 71.5 cm³/mol. The van der Waals surface area contributed by atoms with Crippen LogP contribution in [0.4, 0.5) is 0 Å². The number of benzene rings is 1. The first-order valence-corrected chi connectivity index (χ1v) is 6.05. The van der Waals surface area contributed by atoms with E-state index in [-0.39, 0.29) is 0 Å². The molecule has 0 amide bonds. The average Bonchev–Trinajstić information content (AvgIpc) is 2.82. The van der Waals surface area contributed by atoms with Gasteiger partial charge in [0.25, 0.3) is 0 Å². The fourth-order valence-corrected chi connectivity index (χ4v) is 2.02. The van der Waals surface area contributed by atoms with Crippen molar-refractivity contribution in [3.05, 3.63) is 34.6 Å². The molecule has 0 saturated heterocycles. The first kappa shape index (κ1) is 13.8. The summed E-state index contributed by atoms with van der Waals surface area (Å²) >= 11 is 6.11. The van der Waals surface area contributed by atoms with Gasteiger partial charge in [0.15, 0.2) is 0 Å². The number of aromatic nitrogens is 3. The van der Waals surface area contributed by atoms with Crippen molar-refractivity contribution in [2.75, 3.05) is 14.2 Å². The summed E-state index contributed by atoms with van der Waals surface area (Å²) in [6, 6.07) is 5.38. The van der Waals surface area contributed by atoms with Crippen LogP contribution in [0.15, 0.2) is 18.2 Å². The van der Waals surface area contributed by atoms with Crippen LogP contribution >= 0.6 is 11.6 Å². The summed E-state index contributed by atoms with van der Waals surface area (Å²) in [5.74, 6) is 0.609. The molecule has 19 heavy (non-hydrogen) atoms. The highest BCUT2D eigenvalue weighted by atomic mass is 35.5. The van der Waals surface area contributed by atoms with Crippen LogP contribution in [0.3, 0.4) is 0 Å². The second kappa shape index (κ2) is 6.01. The van der Waals surface area contributed by atoms with Gasteiger partial charge in [-0.1, -0.05) is 16.8 Å². The third-order valence-electron chi connectivity index (χ3n) is 2.70. The minimum Gasteiger partial charge on any atom is -0.495 e. The van der Waals surface area contributed by atoms with Crippen LogP contribution in [-0.2, 0) is 17.9 Å². The molecule has 0 fully saturated rings. The molecule has 1 heterocycles. The van der Waals surface area contributed by atoms with Gasteiger partial charge in [-0.15, -0.1) is 5.10 Å². The summed E-state index contributed by atoms with van der Waals surface area (Å²) < 4.78 is 11.9. The minimum absolute atomic E-state index is 0.308. The second-order valence-electron chi connectivity index (χ2n) is 3.85. The average molecular weight is 283 g/mol. The van der Waals surface area contributed by atoms with Crippen molar-refractivity contribution < 1.29 is 9.47 Å². The van der Waals surface area contributed by atoms with Crippen molar-refractivity contribution in [2.24, 2.45) is 5.73 Å². The number of nitrogens with zero attached hydrogens (tertiary/aromatic N) is 3. The van der Waals surface area contributed by atoms with E-state index < -0.39 is 0 Å². The van der Waals surface area contributed by atoms with Crippen molar-refractivity contribution >= 4 is 11.6 Å². The number of ether oxygens (including phenoxy) is 2. The van der Waals surface area contributed by atoms with Gasteiger partial charge in [-0.3, -0.25) is 0 Å². The number of hydrogen-bond donors (Lipinski definition) is 1. The SMILES string of the molecule is COCc1c(CN)nnn1-c1ccc(OC)c(Cl)c1. The molecule has 2 rings (SSSR count). The third kappa shape index (κ3) is 2.70. The maximum Gasteiger partial charge on any atom is 0.137 e. The number of methoxy groups -OCH3 is 2. The Hall–Kier alpha value is -1.63. The van der Waals surface area contributed by atoms with E-state index in [1.54, 1.807) is 31.0 Å². The van der Waals surface area contributed by atoms with E-state index in [1.165, 1.54) is 0 Å². The number of nitrogens with two attached hydrogens (primary N) is 1. The summed E-state index contributed by atoms with van der Waals surface area (Å²) in [5.41, 5.74) is 7.93. The molecule has 1 aromatic heterocycles. The lowest BCUT2D eigenvalue weighted by Gasteiger charge is -2.09. The van der Waals surface area contributed by atoms with E-state index in [0.717, 1.165) is 11.4 Å². The Kier molecular flexibility index (Phi) is 4.36. The summed E-state index contributed by atoms with van der Waals surface area (Å²) in [4.78, 5) is 0. The predicted octanol–water partition coefficient (Wildman–Crippen LogP) is 1.53. The van der Waals surface area contributed by atoms with Crippen molar-refractivity contribution in [1.82, 2.24) is 15.0 Å². The standard InChI is InChI=1S/C12H15ClN4O2/c1-18-7-11-10(6-14)15-16-17(11)8-3-4-12(19-2)9(13)5-8/h3-5H,6-7,14H2,1-2H3. The summed E-state index contributed by atoms with van der Waals surface area (Å²) in [5, 5.41) is 8.62. The molecule has 1 aromatic carbocycles. The Balaban J connectivity index is 2.46. The largest absolute Gasteiger partial charge is 0.495 e. The molecule has 0 unspecified atom stereocenters. The lowest BCUT2D eigenvalue weighted by molar-refractivity contribution is 0.178. The van der Waals surface area contributed by atoms with E-state index in [9.17, 15) is 0 Å². The molecule has 0 radical (unpaired) electrons. The number of halogens is 1. The third-order valence-corrected chi connectivity index (χ3v) is 2.99. The van der Waals surface area contributed by atoms with E-state index in [0.29, 0.717) is 29.6 Å². The highest BCUT2D eigenvalue weighted by Gasteiger charge is 2.14. The Morgan fingerprint density at radius 3 is 2.74 bits per heavy atom. The number of hydrogen-bond acceptors (Lipinski definition) is 5. The quantitative estimate of drug-likeness (QED) is 0.900. The van der Waals surface area contributed by atoms with Crippen LogP contribution in [-0.4, -0.2) is 29.2 Å². The van der Waals surface area contributed by atoms with Crippen molar-refractivity contribution in [3.8, 4) is 11.4 Å². The fourth-order valence-electron chi connectivity index (χ4n) is 1.77. The molecule has 0 aliphatic carbocycles. The van der Waals surface area contributed by atoms with Crippen LogP contribution in [0.25, 0.3) is 5.69 Å². The second-order valence-corrected chi connectivity index (χ2v) is 4.26. The zero-order chi connectivity index (χ0) is 13.8. The van der Waals surface area contributed by atoms with Gasteiger partial charge >= 0.3 is 0 Å².